The van der Waals surface area contributed by atoms with Crippen LogP contribution in [0.4, 0.5) is 13.2 Å². The molecule has 1 amide bonds. The lowest BCUT2D eigenvalue weighted by molar-refractivity contribution is -0.137. The van der Waals surface area contributed by atoms with E-state index in [0.29, 0.717) is 42.6 Å². The van der Waals surface area contributed by atoms with E-state index in [1.54, 1.807) is 12.1 Å². The normalized spacial score (nSPS) is 10.6. The Morgan fingerprint density at radius 3 is 2.12 bits per heavy atom. The third-order valence-electron chi connectivity index (χ3n) is 4.11. The maximum absolute atomic E-state index is 12.7. The van der Waals surface area contributed by atoms with Crippen LogP contribution in [0.25, 0.3) is 0 Å². The van der Waals surface area contributed by atoms with Gasteiger partial charge in [-0.05, 0) is 51.1 Å². The van der Waals surface area contributed by atoms with Gasteiger partial charge in [0.25, 0.3) is 5.91 Å². The molecule has 2 aromatic rings. The van der Waals surface area contributed by atoms with Crippen LogP contribution in [0.1, 0.15) is 36.7 Å². The van der Waals surface area contributed by atoms with Gasteiger partial charge in [-0.15, -0.1) is 0 Å². The van der Waals surface area contributed by atoms with Crippen molar-refractivity contribution in [3.05, 3.63) is 47.5 Å². The molecule has 0 spiro atoms. The largest absolute Gasteiger partial charge is 0.490 e. The van der Waals surface area contributed by atoms with Crippen LogP contribution in [-0.4, -0.2) is 38.9 Å². The number of benzene rings is 2. The van der Waals surface area contributed by atoms with Crippen LogP contribution < -0.4 is 24.3 Å². The Balaban J connectivity index is 1.98. The first-order valence-corrected chi connectivity index (χ1v) is 10.4. The predicted octanol–water partition coefficient (Wildman–Crippen LogP) is 4.71. The molecule has 0 aromatic heterocycles. The first-order chi connectivity index (χ1) is 15.8. The number of rotatable bonds is 10. The van der Waals surface area contributed by atoms with E-state index in [4.69, 9.17) is 18.9 Å². The van der Waals surface area contributed by atoms with E-state index >= 15 is 0 Å². The molecule has 0 heterocycles. The molecule has 0 unspecified atom stereocenters. The first kappa shape index (κ1) is 25.7. The average molecular weight is 465 g/mol. The van der Waals surface area contributed by atoms with Gasteiger partial charge in [-0.1, -0.05) is 17.9 Å². The molecule has 6 nitrogen and oxygen atoms in total. The van der Waals surface area contributed by atoms with Crippen molar-refractivity contribution in [1.29, 1.82) is 0 Å². The topological polar surface area (TPSA) is 66.0 Å². The number of hydrogen-bond acceptors (Lipinski definition) is 5. The molecule has 0 aliphatic carbocycles. The van der Waals surface area contributed by atoms with Gasteiger partial charge in [-0.3, -0.25) is 4.79 Å². The average Bonchev–Trinajstić information content (AvgIpc) is 2.78. The van der Waals surface area contributed by atoms with Gasteiger partial charge in [0.15, 0.2) is 11.5 Å². The number of nitrogens with one attached hydrogen (secondary N) is 1. The molecular formula is C24H26F3NO5. The van der Waals surface area contributed by atoms with E-state index in [1.165, 1.54) is 12.1 Å². The molecular weight excluding hydrogens is 439 g/mol. The molecule has 0 aliphatic rings. The van der Waals surface area contributed by atoms with Crippen LogP contribution in [0.2, 0.25) is 0 Å². The van der Waals surface area contributed by atoms with Crippen LogP contribution in [0.15, 0.2) is 36.4 Å². The summed E-state index contributed by atoms with van der Waals surface area (Å²) >= 11 is 0. The molecule has 33 heavy (non-hydrogen) atoms. The van der Waals surface area contributed by atoms with E-state index in [9.17, 15) is 18.0 Å². The molecule has 0 aliphatic heterocycles. The summed E-state index contributed by atoms with van der Waals surface area (Å²) in [7, 11) is 0. The van der Waals surface area contributed by atoms with Crippen LogP contribution >= 0.6 is 0 Å². The Hall–Kier alpha value is -3.54. The Bertz CT molecular complexity index is 969. The maximum Gasteiger partial charge on any atom is 0.416 e. The van der Waals surface area contributed by atoms with Gasteiger partial charge in [0, 0.05) is 5.56 Å². The molecule has 9 heteroatoms. The molecule has 0 saturated carbocycles. The second-order valence-electron chi connectivity index (χ2n) is 6.45. The maximum atomic E-state index is 12.7. The Labute approximate surface area is 191 Å². The first-order valence-electron chi connectivity index (χ1n) is 10.4. The fraction of sp³-hybridized carbons (Fsp3) is 0.375. The lowest BCUT2D eigenvalue weighted by Gasteiger charge is -2.16. The minimum atomic E-state index is -4.44. The third-order valence-corrected chi connectivity index (χ3v) is 4.11. The van der Waals surface area contributed by atoms with E-state index in [0.717, 1.165) is 12.1 Å². The number of amides is 1. The zero-order valence-electron chi connectivity index (χ0n) is 18.7. The molecule has 178 valence electrons. The molecule has 0 atom stereocenters. The van der Waals surface area contributed by atoms with Gasteiger partial charge < -0.3 is 24.3 Å². The van der Waals surface area contributed by atoms with Crippen LogP contribution in [0.5, 0.6) is 23.0 Å². The van der Waals surface area contributed by atoms with Crippen molar-refractivity contribution in [2.45, 2.75) is 26.9 Å². The summed E-state index contributed by atoms with van der Waals surface area (Å²) in [5, 5.41) is 2.65. The molecule has 0 fully saturated rings. The SMILES string of the molecule is CCOc1cc(C(=O)NCC#CCOc2cccc(C(F)(F)F)c2)cc(OCC)c1OCC. The number of hydrogen-bond donors (Lipinski definition) is 1. The lowest BCUT2D eigenvalue weighted by atomic mass is 10.1. The van der Waals surface area contributed by atoms with Crippen molar-refractivity contribution >= 4 is 5.91 Å². The zero-order chi connectivity index (χ0) is 24.3. The molecule has 2 aromatic carbocycles. The van der Waals surface area contributed by atoms with Gasteiger partial charge >= 0.3 is 6.18 Å². The summed E-state index contributed by atoms with van der Waals surface area (Å²) in [6.07, 6.45) is -4.44. The second-order valence-corrected chi connectivity index (χ2v) is 6.45. The minimum absolute atomic E-state index is 0.0198. The number of alkyl halides is 3. The summed E-state index contributed by atoms with van der Waals surface area (Å²) in [6, 6.07) is 7.67. The molecule has 1 N–H and O–H groups in total. The Morgan fingerprint density at radius 1 is 0.909 bits per heavy atom. The van der Waals surface area contributed by atoms with Gasteiger partial charge in [-0.25, -0.2) is 0 Å². The lowest BCUT2D eigenvalue weighted by Crippen LogP contribution is -2.24. The van der Waals surface area contributed by atoms with Crippen molar-refractivity contribution in [1.82, 2.24) is 5.32 Å². The smallest absolute Gasteiger partial charge is 0.416 e. The zero-order valence-corrected chi connectivity index (χ0v) is 18.7. The van der Waals surface area contributed by atoms with Crippen molar-refractivity contribution in [3.8, 4) is 34.8 Å². The number of carbonyl (C=O) groups is 1. The highest BCUT2D eigenvalue weighted by atomic mass is 19.4. The van der Waals surface area contributed by atoms with Crippen molar-refractivity contribution in [2.75, 3.05) is 33.0 Å². The number of carbonyl (C=O) groups excluding carboxylic acids is 1. The highest BCUT2D eigenvalue weighted by Crippen LogP contribution is 2.39. The van der Waals surface area contributed by atoms with Gasteiger partial charge in [-0.2, -0.15) is 13.2 Å². The van der Waals surface area contributed by atoms with E-state index < -0.39 is 17.6 Å². The summed E-state index contributed by atoms with van der Waals surface area (Å²) in [5.74, 6) is 6.24. The summed E-state index contributed by atoms with van der Waals surface area (Å²) in [5.41, 5.74) is -0.485. The minimum Gasteiger partial charge on any atom is -0.490 e. The second kappa shape index (κ2) is 12.5. The van der Waals surface area contributed by atoms with E-state index in [-0.39, 0.29) is 18.9 Å². The fourth-order valence-corrected chi connectivity index (χ4v) is 2.74. The van der Waals surface area contributed by atoms with Crippen molar-refractivity contribution in [3.63, 3.8) is 0 Å². The third kappa shape index (κ3) is 7.83. The number of halogens is 3. The summed E-state index contributed by atoms with van der Waals surface area (Å²) in [6.45, 7) is 6.54. The monoisotopic (exact) mass is 465 g/mol. The quantitative estimate of drug-likeness (QED) is 0.515. The van der Waals surface area contributed by atoms with Crippen LogP contribution in [0, 0.1) is 11.8 Å². The van der Waals surface area contributed by atoms with Crippen LogP contribution in [0.3, 0.4) is 0 Å². The predicted molar refractivity (Wildman–Crippen MR) is 117 cm³/mol. The van der Waals surface area contributed by atoms with Crippen molar-refractivity contribution < 1.29 is 36.9 Å². The highest BCUT2D eigenvalue weighted by Gasteiger charge is 2.30. The van der Waals surface area contributed by atoms with Crippen LogP contribution in [-0.2, 0) is 6.18 Å². The van der Waals surface area contributed by atoms with E-state index in [2.05, 4.69) is 17.2 Å². The summed E-state index contributed by atoms with van der Waals surface area (Å²) < 4.78 is 60.2. The molecule has 2 rings (SSSR count). The Morgan fingerprint density at radius 2 is 1.55 bits per heavy atom. The molecule has 0 bridgehead atoms. The van der Waals surface area contributed by atoms with Gasteiger partial charge in [0.2, 0.25) is 5.75 Å². The summed E-state index contributed by atoms with van der Waals surface area (Å²) in [4.78, 5) is 12.5. The van der Waals surface area contributed by atoms with Crippen molar-refractivity contribution in [2.24, 2.45) is 0 Å². The van der Waals surface area contributed by atoms with Gasteiger partial charge in [0.05, 0.1) is 31.9 Å². The highest BCUT2D eigenvalue weighted by molar-refractivity contribution is 5.95. The standard InChI is InChI=1S/C24H26F3NO5/c1-4-30-20-14-17(15-21(31-5-2)22(20)32-6-3)23(29)28-12-7-8-13-33-19-11-9-10-18(16-19)24(25,26)27/h9-11,14-16H,4-6,12-13H2,1-3H3,(H,28,29). The van der Waals surface area contributed by atoms with Gasteiger partial charge in [0.1, 0.15) is 12.4 Å². The Kier molecular flexibility index (Phi) is 9.73. The molecule has 0 saturated heterocycles. The van der Waals surface area contributed by atoms with E-state index in [1.807, 2.05) is 20.8 Å². The molecule has 0 radical (unpaired) electrons. The fourth-order valence-electron chi connectivity index (χ4n) is 2.74. The number of ether oxygens (including phenoxy) is 4.